The third kappa shape index (κ3) is 7.98. The van der Waals surface area contributed by atoms with Gasteiger partial charge >= 0.3 is 0 Å². The maximum atomic E-state index is 12.7. The lowest BCUT2D eigenvalue weighted by Gasteiger charge is -2.34. The van der Waals surface area contributed by atoms with E-state index in [-0.39, 0.29) is 55.2 Å². The first-order chi connectivity index (χ1) is 14.9. The largest absolute Gasteiger partial charge is 0.377 e. The number of anilines is 1. The van der Waals surface area contributed by atoms with Crippen LogP contribution in [0.2, 0.25) is 0 Å². The van der Waals surface area contributed by atoms with Crippen LogP contribution in [0, 0.1) is 18.3 Å². The van der Waals surface area contributed by atoms with Gasteiger partial charge in [0.1, 0.15) is 18.3 Å². The molecule has 4 N–H and O–H groups in total. The number of ether oxygens (including phenoxy) is 1. The third-order valence-corrected chi connectivity index (χ3v) is 5.46. The Hall–Kier alpha value is -2.16. The van der Waals surface area contributed by atoms with Crippen molar-refractivity contribution in [1.82, 2.24) is 20.6 Å². The minimum atomic E-state index is -0.264. The van der Waals surface area contributed by atoms with Crippen molar-refractivity contribution in [3.63, 3.8) is 0 Å². The number of aromatic nitrogens is 2. The van der Waals surface area contributed by atoms with Crippen molar-refractivity contribution in [1.29, 1.82) is 5.41 Å². The average molecular weight is 499 g/mol. The zero-order valence-corrected chi connectivity index (χ0v) is 21.4. The molecule has 0 radical (unpaired) electrons. The number of carbonyl (C=O) groups is 1. The molecule has 184 valence electrons. The summed E-state index contributed by atoms with van der Waals surface area (Å²) in [5, 5.41) is 18.8. The van der Waals surface area contributed by atoms with Crippen LogP contribution in [0.25, 0.3) is 10.9 Å². The molecule has 33 heavy (non-hydrogen) atoms. The van der Waals surface area contributed by atoms with Crippen molar-refractivity contribution in [2.45, 2.75) is 58.5 Å². The highest BCUT2D eigenvalue weighted by Gasteiger charge is 2.27. The first kappa shape index (κ1) is 28.9. The minimum absolute atomic E-state index is 0. The van der Waals surface area contributed by atoms with Gasteiger partial charge in [-0.2, -0.15) is 0 Å². The lowest BCUT2D eigenvalue weighted by Crippen LogP contribution is -2.49. The molecule has 0 unspecified atom stereocenters. The highest BCUT2D eigenvalue weighted by Crippen LogP contribution is 2.27. The zero-order chi connectivity index (χ0) is 22.4. The van der Waals surface area contributed by atoms with Crippen LogP contribution in [0.4, 0.5) is 5.82 Å². The van der Waals surface area contributed by atoms with E-state index >= 15 is 0 Å². The van der Waals surface area contributed by atoms with Crippen LogP contribution in [0.5, 0.6) is 0 Å². The van der Waals surface area contributed by atoms with E-state index in [2.05, 4.69) is 39.8 Å². The molecule has 1 aromatic heterocycles. The summed E-state index contributed by atoms with van der Waals surface area (Å²) in [4.78, 5) is 21.8. The molecule has 1 fully saturated rings. The summed E-state index contributed by atoms with van der Waals surface area (Å²) >= 11 is 0. The third-order valence-electron chi connectivity index (χ3n) is 5.46. The molecule has 0 aliphatic heterocycles. The fourth-order valence-electron chi connectivity index (χ4n) is 3.89. The Balaban J connectivity index is 0.00000272. The first-order valence-corrected chi connectivity index (χ1v) is 11.0. The van der Waals surface area contributed by atoms with E-state index in [1.807, 2.05) is 25.1 Å². The smallest absolute Gasteiger partial charge is 0.289 e. The minimum Gasteiger partial charge on any atom is -0.377 e. The number of benzene rings is 1. The van der Waals surface area contributed by atoms with Gasteiger partial charge in [0, 0.05) is 31.1 Å². The number of amidine groups is 1. The van der Waals surface area contributed by atoms with Gasteiger partial charge in [-0.25, -0.2) is 9.97 Å². The van der Waals surface area contributed by atoms with Crippen molar-refractivity contribution in [3.05, 3.63) is 29.6 Å². The van der Waals surface area contributed by atoms with Crippen molar-refractivity contribution in [2.24, 2.45) is 5.92 Å². The molecule has 8 nitrogen and oxygen atoms in total. The Bertz CT molecular complexity index is 941. The van der Waals surface area contributed by atoms with E-state index in [1.54, 1.807) is 7.11 Å². The molecule has 10 heteroatoms. The van der Waals surface area contributed by atoms with Crippen LogP contribution in [-0.2, 0) is 4.74 Å². The molecule has 0 bridgehead atoms. The van der Waals surface area contributed by atoms with Crippen LogP contribution < -0.4 is 16.0 Å². The summed E-state index contributed by atoms with van der Waals surface area (Å²) in [5.74, 6) is 1.30. The molecule has 2 atom stereocenters. The van der Waals surface area contributed by atoms with Gasteiger partial charge in [-0.05, 0) is 37.8 Å². The molecule has 1 heterocycles. The van der Waals surface area contributed by atoms with Crippen LogP contribution in [-0.4, -0.2) is 54.1 Å². The van der Waals surface area contributed by atoms with Crippen molar-refractivity contribution in [3.8, 4) is 0 Å². The standard InChI is InChI=1S/C23H34N6O2.2ClH/c1-14(2)12-25-23(30)22-27-17-10-9-15(3)11-16(17)21(29-22)28-19-8-6-5-7-18(19)26-20(24)13-31-4;;/h9-11,14,18-19H,5-8,12-13H2,1-4H3,(H2,24,26)(H,25,30)(H,27,28,29);2*1H/t18-,19+;;/m1../s1. The molecule has 1 amide bonds. The zero-order valence-electron chi connectivity index (χ0n) is 19.7. The molecule has 1 aromatic carbocycles. The fourth-order valence-corrected chi connectivity index (χ4v) is 3.89. The van der Waals surface area contributed by atoms with E-state index in [1.165, 1.54) is 0 Å². The van der Waals surface area contributed by atoms with Gasteiger partial charge in [-0.1, -0.05) is 38.3 Å². The number of aryl methyl sites for hydroxylation is 1. The van der Waals surface area contributed by atoms with Gasteiger partial charge in [0.15, 0.2) is 0 Å². The predicted molar refractivity (Wildman–Crippen MR) is 138 cm³/mol. The maximum absolute atomic E-state index is 12.7. The molecule has 0 spiro atoms. The summed E-state index contributed by atoms with van der Waals surface area (Å²) in [6.07, 6.45) is 4.15. The molecular formula is C23H36Cl2N6O2. The Labute approximate surface area is 208 Å². The Morgan fingerprint density at radius 3 is 2.55 bits per heavy atom. The number of halogens is 2. The van der Waals surface area contributed by atoms with Crippen LogP contribution >= 0.6 is 24.8 Å². The quantitative estimate of drug-likeness (QED) is 0.321. The van der Waals surface area contributed by atoms with E-state index < -0.39 is 0 Å². The molecule has 1 aliphatic carbocycles. The molecule has 2 aromatic rings. The average Bonchev–Trinajstić information content (AvgIpc) is 2.73. The second kappa shape index (κ2) is 13.5. The number of hydrogen-bond donors (Lipinski definition) is 4. The van der Waals surface area contributed by atoms with E-state index in [4.69, 9.17) is 10.1 Å². The molecule has 0 saturated heterocycles. The number of rotatable bonds is 8. The molecular weight excluding hydrogens is 463 g/mol. The van der Waals surface area contributed by atoms with Gasteiger partial charge in [-0.3, -0.25) is 10.2 Å². The molecule has 1 aliphatic rings. The van der Waals surface area contributed by atoms with Crippen LogP contribution in [0.3, 0.4) is 0 Å². The van der Waals surface area contributed by atoms with Gasteiger partial charge in [0.05, 0.1) is 5.52 Å². The number of nitrogens with one attached hydrogen (secondary N) is 4. The SMILES string of the molecule is COCC(=N)N[C@@H]1CCCC[C@@H]1Nc1nc(C(=O)NCC(C)C)nc2ccc(C)cc12.Cl.Cl. The number of nitrogens with zero attached hydrogens (tertiary/aromatic N) is 2. The predicted octanol–water partition coefficient (Wildman–Crippen LogP) is 4.10. The summed E-state index contributed by atoms with van der Waals surface area (Å²) in [5.41, 5.74) is 1.85. The van der Waals surface area contributed by atoms with Crippen molar-refractivity contribution < 1.29 is 9.53 Å². The summed E-state index contributed by atoms with van der Waals surface area (Å²) in [6.45, 7) is 6.97. The second-order valence-corrected chi connectivity index (χ2v) is 8.72. The summed E-state index contributed by atoms with van der Waals surface area (Å²) in [7, 11) is 1.59. The summed E-state index contributed by atoms with van der Waals surface area (Å²) in [6, 6.07) is 6.17. The Morgan fingerprint density at radius 2 is 1.88 bits per heavy atom. The second-order valence-electron chi connectivity index (χ2n) is 8.72. The number of fused-ring (bicyclic) bond motifs is 1. The van der Waals surface area contributed by atoms with Crippen molar-refractivity contribution >= 4 is 53.3 Å². The molecule has 1 saturated carbocycles. The highest BCUT2D eigenvalue weighted by molar-refractivity contribution is 5.96. The van der Waals surface area contributed by atoms with Gasteiger partial charge in [0.2, 0.25) is 5.82 Å². The van der Waals surface area contributed by atoms with Crippen LogP contribution in [0.1, 0.15) is 55.7 Å². The topological polar surface area (TPSA) is 112 Å². The first-order valence-electron chi connectivity index (χ1n) is 11.0. The number of carbonyl (C=O) groups excluding carboxylic acids is 1. The van der Waals surface area contributed by atoms with Gasteiger partial charge in [-0.15, -0.1) is 24.8 Å². The van der Waals surface area contributed by atoms with Crippen molar-refractivity contribution in [2.75, 3.05) is 25.6 Å². The highest BCUT2D eigenvalue weighted by atomic mass is 35.5. The van der Waals surface area contributed by atoms with Gasteiger partial charge in [0.25, 0.3) is 5.91 Å². The Morgan fingerprint density at radius 1 is 1.18 bits per heavy atom. The fraction of sp³-hybridized carbons (Fsp3) is 0.565. The maximum Gasteiger partial charge on any atom is 0.289 e. The van der Waals surface area contributed by atoms with Crippen LogP contribution in [0.15, 0.2) is 18.2 Å². The lowest BCUT2D eigenvalue weighted by molar-refractivity contribution is 0.0939. The monoisotopic (exact) mass is 498 g/mol. The molecule has 3 rings (SSSR count). The van der Waals surface area contributed by atoms with E-state index in [0.29, 0.717) is 24.1 Å². The summed E-state index contributed by atoms with van der Waals surface area (Å²) < 4.78 is 5.08. The number of hydrogen-bond acceptors (Lipinski definition) is 6. The normalized spacial score (nSPS) is 17.6. The van der Waals surface area contributed by atoms with E-state index in [9.17, 15) is 4.79 Å². The Kier molecular flexibility index (Phi) is 11.8. The lowest BCUT2D eigenvalue weighted by atomic mass is 9.90. The van der Waals surface area contributed by atoms with Gasteiger partial charge < -0.3 is 20.7 Å². The number of methoxy groups -OCH3 is 1. The van der Waals surface area contributed by atoms with E-state index in [0.717, 1.165) is 42.1 Å². The number of amides is 1.